The van der Waals surface area contributed by atoms with E-state index in [0.717, 1.165) is 21.9 Å². The number of nitriles is 1. The van der Waals surface area contributed by atoms with Gasteiger partial charge in [-0.25, -0.2) is 4.68 Å². The average molecular weight is 483 g/mol. The van der Waals surface area contributed by atoms with E-state index in [0.29, 0.717) is 23.4 Å². The Morgan fingerprint density at radius 2 is 1.78 bits per heavy atom. The van der Waals surface area contributed by atoms with Crippen LogP contribution in [-0.2, 0) is 14.3 Å². The molecule has 0 unspecified atom stereocenters. The van der Waals surface area contributed by atoms with E-state index in [1.165, 1.54) is 7.11 Å². The molecule has 8 nitrogen and oxygen atoms in total. The van der Waals surface area contributed by atoms with Gasteiger partial charge >= 0.3 is 0 Å². The molecule has 0 radical (unpaired) electrons. The van der Waals surface area contributed by atoms with Crippen LogP contribution in [0.4, 0.5) is 0 Å². The maximum atomic E-state index is 13.4. The maximum Gasteiger partial charge on any atom is 0.271 e. The Labute approximate surface area is 209 Å². The second-order valence-electron chi connectivity index (χ2n) is 8.10. The summed E-state index contributed by atoms with van der Waals surface area (Å²) in [6, 6.07) is 19.1. The molecule has 0 saturated carbocycles. The van der Waals surface area contributed by atoms with Crippen molar-refractivity contribution in [3.8, 4) is 28.8 Å². The first-order valence-corrected chi connectivity index (χ1v) is 11.5. The summed E-state index contributed by atoms with van der Waals surface area (Å²) in [4.78, 5) is 27.2. The van der Waals surface area contributed by atoms with Crippen molar-refractivity contribution in [2.45, 2.75) is 13.8 Å². The van der Waals surface area contributed by atoms with Crippen LogP contribution in [0.5, 0.6) is 5.75 Å². The van der Waals surface area contributed by atoms with Gasteiger partial charge in [0.25, 0.3) is 11.8 Å². The number of rotatable bonds is 8. The fourth-order valence-corrected chi connectivity index (χ4v) is 3.98. The third-order valence-corrected chi connectivity index (χ3v) is 5.85. The lowest BCUT2D eigenvalue weighted by Gasteiger charge is -2.27. The van der Waals surface area contributed by atoms with Crippen LogP contribution in [0.3, 0.4) is 0 Å². The minimum atomic E-state index is -0.610. The summed E-state index contributed by atoms with van der Waals surface area (Å²) in [6.45, 7) is 4.33. The summed E-state index contributed by atoms with van der Waals surface area (Å²) in [5, 5.41) is 14.4. The number of carbonyl (C=O) groups is 2. The molecule has 2 amide bonds. The molecule has 0 aliphatic carbocycles. The zero-order chi connectivity index (χ0) is 25.7. The monoisotopic (exact) mass is 482 g/mol. The van der Waals surface area contributed by atoms with Crippen molar-refractivity contribution < 1.29 is 19.1 Å². The first kappa shape index (κ1) is 24.6. The molecule has 0 atom stereocenters. The van der Waals surface area contributed by atoms with Gasteiger partial charge in [0.2, 0.25) is 0 Å². The van der Waals surface area contributed by atoms with Crippen LogP contribution >= 0.6 is 0 Å². The fourth-order valence-electron chi connectivity index (χ4n) is 3.98. The molecule has 0 N–H and O–H groups in total. The van der Waals surface area contributed by atoms with E-state index in [9.17, 15) is 14.9 Å². The molecule has 4 rings (SSSR count). The van der Waals surface area contributed by atoms with E-state index in [2.05, 4.69) is 0 Å². The lowest BCUT2D eigenvalue weighted by atomic mass is 9.93. The number of hydrogen-bond acceptors (Lipinski definition) is 6. The number of amides is 2. The highest BCUT2D eigenvalue weighted by molar-refractivity contribution is 6.19. The standard InChI is InChI=1S/C28H26N4O4/c1-4-36-23-12-10-20(11-13-23)26-21(18-32(30-26)22-8-6-5-7-9-22)16-24-19(2)25(17-29)28(34)31(27(24)33)14-15-35-3/h5-13,16,18H,4,14-15H2,1-3H3/b24-16+. The van der Waals surface area contributed by atoms with Crippen LogP contribution in [0.25, 0.3) is 23.0 Å². The number of carbonyl (C=O) groups excluding carboxylic acids is 2. The van der Waals surface area contributed by atoms with Crippen LogP contribution in [0.15, 0.2) is 77.5 Å². The second-order valence-corrected chi connectivity index (χ2v) is 8.10. The second kappa shape index (κ2) is 10.8. The van der Waals surface area contributed by atoms with Gasteiger partial charge in [0.15, 0.2) is 0 Å². The summed E-state index contributed by atoms with van der Waals surface area (Å²) in [5.74, 6) is -0.338. The van der Waals surface area contributed by atoms with Gasteiger partial charge in [-0.05, 0) is 61.9 Å². The van der Waals surface area contributed by atoms with Crippen LogP contribution in [0.1, 0.15) is 19.4 Å². The predicted molar refractivity (Wildman–Crippen MR) is 135 cm³/mol. The molecule has 0 fully saturated rings. The van der Waals surface area contributed by atoms with Crippen LogP contribution in [-0.4, -0.2) is 53.4 Å². The third-order valence-electron chi connectivity index (χ3n) is 5.85. The van der Waals surface area contributed by atoms with Gasteiger partial charge in [0, 0.05) is 30.0 Å². The molecule has 8 heteroatoms. The van der Waals surface area contributed by atoms with Crippen molar-refractivity contribution >= 4 is 17.9 Å². The molecule has 0 bridgehead atoms. The summed E-state index contributed by atoms with van der Waals surface area (Å²) >= 11 is 0. The quantitative estimate of drug-likeness (QED) is 0.353. The highest BCUT2D eigenvalue weighted by atomic mass is 16.5. The van der Waals surface area contributed by atoms with E-state index in [4.69, 9.17) is 14.6 Å². The Morgan fingerprint density at radius 3 is 2.42 bits per heavy atom. The molecular weight excluding hydrogens is 456 g/mol. The zero-order valence-corrected chi connectivity index (χ0v) is 20.4. The van der Waals surface area contributed by atoms with Crippen molar-refractivity contribution in [3.63, 3.8) is 0 Å². The van der Waals surface area contributed by atoms with E-state index in [1.807, 2.05) is 73.8 Å². The van der Waals surface area contributed by atoms with Crippen LogP contribution in [0, 0.1) is 11.3 Å². The van der Waals surface area contributed by atoms with Gasteiger partial charge in [-0.2, -0.15) is 10.4 Å². The van der Waals surface area contributed by atoms with Crippen LogP contribution in [0.2, 0.25) is 0 Å². The first-order chi connectivity index (χ1) is 17.5. The van der Waals surface area contributed by atoms with Crippen molar-refractivity contribution in [1.82, 2.24) is 14.7 Å². The molecule has 0 saturated heterocycles. The van der Waals surface area contributed by atoms with Crippen molar-refractivity contribution in [3.05, 3.63) is 83.1 Å². The average Bonchev–Trinajstić information content (AvgIpc) is 3.32. The summed E-state index contributed by atoms with van der Waals surface area (Å²) in [5.41, 5.74) is 3.55. The van der Waals surface area contributed by atoms with Crippen molar-refractivity contribution in [2.75, 3.05) is 26.9 Å². The van der Waals surface area contributed by atoms with E-state index >= 15 is 0 Å². The van der Waals surface area contributed by atoms with Gasteiger partial charge in [0.1, 0.15) is 17.4 Å². The molecule has 1 aliphatic rings. The van der Waals surface area contributed by atoms with Crippen molar-refractivity contribution in [2.24, 2.45) is 0 Å². The molecule has 2 heterocycles. The van der Waals surface area contributed by atoms with E-state index in [-0.39, 0.29) is 24.3 Å². The number of para-hydroxylation sites is 1. The normalized spacial score (nSPS) is 14.9. The van der Waals surface area contributed by atoms with Gasteiger partial charge in [-0.1, -0.05) is 18.2 Å². The number of nitrogens with zero attached hydrogens (tertiary/aromatic N) is 4. The maximum absolute atomic E-state index is 13.4. The molecule has 182 valence electrons. The fraction of sp³-hybridized carbons (Fsp3) is 0.214. The Hall–Kier alpha value is -4.48. The Kier molecular flexibility index (Phi) is 7.42. The van der Waals surface area contributed by atoms with Gasteiger partial charge in [0.05, 0.1) is 31.1 Å². The minimum absolute atomic E-state index is 0.0546. The predicted octanol–water partition coefficient (Wildman–Crippen LogP) is 4.18. The molecule has 0 spiro atoms. The molecule has 2 aromatic carbocycles. The van der Waals surface area contributed by atoms with Gasteiger partial charge < -0.3 is 9.47 Å². The molecule has 1 aliphatic heterocycles. The highest BCUT2D eigenvalue weighted by Crippen LogP contribution is 2.31. The first-order valence-electron chi connectivity index (χ1n) is 11.5. The zero-order valence-electron chi connectivity index (χ0n) is 20.4. The summed E-state index contributed by atoms with van der Waals surface area (Å²) in [7, 11) is 1.49. The molecule has 3 aromatic rings. The number of imide groups is 1. The van der Waals surface area contributed by atoms with E-state index < -0.39 is 11.8 Å². The van der Waals surface area contributed by atoms with Crippen LogP contribution < -0.4 is 4.74 Å². The summed E-state index contributed by atoms with van der Waals surface area (Å²) in [6.07, 6.45) is 3.52. The Balaban J connectivity index is 1.87. The highest BCUT2D eigenvalue weighted by Gasteiger charge is 2.35. The molecular formula is C28H26N4O4. The number of hydrogen-bond donors (Lipinski definition) is 0. The number of methoxy groups -OCH3 is 1. The lowest BCUT2D eigenvalue weighted by Crippen LogP contribution is -2.44. The largest absolute Gasteiger partial charge is 0.494 e. The molecule has 1 aromatic heterocycles. The van der Waals surface area contributed by atoms with Crippen molar-refractivity contribution in [1.29, 1.82) is 5.26 Å². The SMILES string of the molecule is CCOc1ccc(-c2nn(-c3ccccc3)cc2/C=C2/C(=O)N(CCOC)C(=O)C(C#N)=C2C)cc1. The number of aromatic nitrogens is 2. The number of benzene rings is 2. The Morgan fingerprint density at radius 1 is 1.06 bits per heavy atom. The van der Waals surface area contributed by atoms with Gasteiger partial charge in [-0.15, -0.1) is 0 Å². The smallest absolute Gasteiger partial charge is 0.271 e. The van der Waals surface area contributed by atoms with Gasteiger partial charge in [-0.3, -0.25) is 14.5 Å². The third kappa shape index (κ3) is 4.83. The number of ether oxygens (including phenoxy) is 2. The minimum Gasteiger partial charge on any atom is -0.494 e. The van der Waals surface area contributed by atoms with E-state index in [1.54, 1.807) is 17.7 Å². The summed E-state index contributed by atoms with van der Waals surface area (Å²) < 4.78 is 12.4. The topological polar surface area (TPSA) is 97.4 Å². The lowest BCUT2D eigenvalue weighted by molar-refractivity contribution is -0.141. The molecule has 36 heavy (non-hydrogen) atoms. The Bertz CT molecular complexity index is 1380.